The number of fused-ring (bicyclic) bond motifs is 1. The van der Waals surface area contributed by atoms with Crippen LogP contribution in [0.4, 0.5) is 0 Å². The van der Waals surface area contributed by atoms with Gasteiger partial charge in [0.05, 0.1) is 17.6 Å². The van der Waals surface area contributed by atoms with Crippen molar-refractivity contribution >= 4 is 22.6 Å². The van der Waals surface area contributed by atoms with Gasteiger partial charge in [0.15, 0.2) is 11.9 Å². The lowest BCUT2D eigenvalue weighted by Gasteiger charge is -2.20. The number of hydrogen-bond donors (Lipinski definition) is 0. The molecule has 0 bridgehead atoms. The van der Waals surface area contributed by atoms with E-state index in [4.69, 9.17) is 21.3 Å². The minimum Gasteiger partial charge on any atom is -0.483 e. The number of para-hydroxylation sites is 2. The number of imidazole rings is 1. The van der Waals surface area contributed by atoms with Crippen molar-refractivity contribution in [2.24, 2.45) is 0 Å². The van der Waals surface area contributed by atoms with Crippen LogP contribution in [0.5, 0.6) is 5.75 Å². The summed E-state index contributed by atoms with van der Waals surface area (Å²) in [5.74, 6) is 1.72. The molecule has 0 amide bonds. The van der Waals surface area contributed by atoms with E-state index in [-0.39, 0.29) is 6.10 Å². The molecule has 4 heteroatoms. The molecule has 4 rings (SSSR count). The number of nitrogens with zero attached hydrogens (tertiary/aromatic N) is 2. The lowest BCUT2D eigenvalue weighted by Crippen LogP contribution is -2.14. The van der Waals surface area contributed by atoms with Gasteiger partial charge in [-0.1, -0.05) is 29.8 Å². The standard InChI is InChI=1S/C27H29ClN2O/c1-16-13-17(2)20(5)23(19(16)4)15-30-26-10-8-7-9-25(26)29-27(30)21(6)31-22-11-12-24(28)18(3)14-22/h7-14,21H,15H2,1-6H3. The second kappa shape index (κ2) is 8.39. The molecule has 0 N–H and O–H groups in total. The summed E-state index contributed by atoms with van der Waals surface area (Å²) in [6, 6.07) is 16.3. The van der Waals surface area contributed by atoms with E-state index < -0.39 is 0 Å². The fourth-order valence-corrected chi connectivity index (χ4v) is 4.33. The van der Waals surface area contributed by atoms with Gasteiger partial charge in [-0.25, -0.2) is 4.98 Å². The Bertz CT molecular complexity index is 1250. The zero-order valence-electron chi connectivity index (χ0n) is 19.1. The fourth-order valence-electron chi connectivity index (χ4n) is 4.21. The van der Waals surface area contributed by atoms with Crippen LogP contribution >= 0.6 is 11.6 Å². The van der Waals surface area contributed by atoms with Crippen molar-refractivity contribution in [3.05, 3.63) is 92.8 Å². The molecule has 1 unspecified atom stereocenters. The summed E-state index contributed by atoms with van der Waals surface area (Å²) >= 11 is 6.19. The first-order valence-corrected chi connectivity index (χ1v) is 11.1. The number of rotatable bonds is 5. The van der Waals surface area contributed by atoms with Crippen molar-refractivity contribution in [1.82, 2.24) is 9.55 Å². The number of hydrogen-bond acceptors (Lipinski definition) is 2. The van der Waals surface area contributed by atoms with E-state index >= 15 is 0 Å². The number of benzene rings is 3. The van der Waals surface area contributed by atoms with E-state index in [1.807, 2.05) is 31.2 Å². The van der Waals surface area contributed by atoms with E-state index in [1.165, 1.54) is 27.8 Å². The number of ether oxygens (including phenoxy) is 1. The van der Waals surface area contributed by atoms with Crippen LogP contribution in [-0.4, -0.2) is 9.55 Å². The van der Waals surface area contributed by atoms with E-state index in [1.54, 1.807) is 0 Å². The topological polar surface area (TPSA) is 27.1 Å². The van der Waals surface area contributed by atoms with E-state index in [0.717, 1.165) is 39.7 Å². The molecule has 0 saturated carbocycles. The quantitative estimate of drug-likeness (QED) is 0.328. The molecule has 0 aliphatic carbocycles. The van der Waals surface area contributed by atoms with Gasteiger partial charge >= 0.3 is 0 Å². The first-order valence-electron chi connectivity index (χ1n) is 10.7. The van der Waals surface area contributed by atoms with Crippen LogP contribution in [0.2, 0.25) is 5.02 Å². The van der Waals surface area contributed by atoms with Gasteiger partial charge in [-0.2, -0.15) is 0 Å². The molecule has 0 fully saturated rings. The number of halogens is 1. The molecule has 1 heterocycles. The second-order valence-electron chi connectivity index (χ2n) is 8.45. The Kier molecular flexibility index (Phi) is 5.81. The molecule has 0 radical (unpaired) electrons. The Morgan fingerprint density at radius 1 is 0.903 bits per heavy atom. The third-order valence-corrected chi connectivity index (χ3v) is 6.75. The normalized spacial score (nSPS) is 12.4. The highest BCUT2D eigenvalue weighted by Crippen LogP contribution is 2.30. The maximum Gasteiger partial charge on any atom is 0.153 e. The predicted octanol–water partition coefficient (Wildman–Crippen LogP) is 7.42. The smallest absolute Gasteiger partial charge is 0.153 e. The molecular formula is C27H29ClN2O. The molecular weight excluding hydrogens is 404 g/mol. The minimum absolute atomic E-state index is 0.209. The largest absolute Gasteiger partial charge is 0.483 e. The Labute approximate surface area is 189 Å². The summed E-state index contributed by atoms with van der Waals surface area (Å²) in [5.41, 5.74) is 9.80. The molecule has 31 heavy (non-hydrogen) atoms. The Hall–Kier alpha value is -2.78. The summed E-state index contributed by atoms with van der Waals surface area (Å²) in [4.78, 5) is 4.96. The molecule has 1 aromatic heterocycles. The van der Waals surface area contributed by atoms with Crippen LogP contribution in [0.25, 0.3) is 11.0 Å². The summed E-state index contributed by atoms with van der Waals surface area (Å²) < 4.78 is 8.61. The fraction of sp³-hybridized carbons (Fsp3) is 0.296. The Balaban J connectivity index is 1.79. The molecule has 4 aromatic rings. The van der Waals surface area contributed by atoms with Gasteiger partial charge < -0.3 is 9.30 Å². The molecule has 0 aliphatic rings. The second-order valence-corrected chi connectivity index (χ2v) is 8.86. The van der Waals surface area contributed by atoms with Crippen molar-refractivity contribution in [1.29, 1.82) is 0 Å². The molecule has 3 aromatic carbocycles. The van der Waals surface area contributed by atoms with Crippen LogP contribution in [0.1, 0.15) is 52.2 Å². The third kappa shape index (κ3) is 4.07. The monoisotopic (exact) mass is 432 g/mol. The highest BCUT2D eigenvalue weighted by Gasteiger charge is 2.20. The van der Waals surface area contributed by atoms with Crippen molar-refractivity contribution < 1.29 is 4.74 Å². The molecule has 160 valence electrons. The summed E-state index contributed by atoms with van der Waals surface area (Å²) in [6.07, 6.45) is -0.209. The molecule has 0 saturated heterocycles. The molecule has 0 spiro atoms. The molecule has 1 atom stereocenters. The first-order chi connectivity index (χ1) is 14.8. The van der Waals surface area contributed by atoms with Gasteiger partial charge in [-0.05, 0) is 105 Å². The summed E-state index contributed by atoms with van der Waals surface area (Å²) in [7, 11) is 0. The maximum atomic E-state index is 6.31. The zero-order chi connectivity index (χ0) is 22.3. The van der Waals surface area contributed by atoms with Crippen molar-refractivity contribution in [3.63, 3.8) is 0 Å². The third-order valence-electron chi connectivity index (χ3n) is 6.33. The van der Waals surface area contributed by atoms with Gasteiger partial charge in [0, 0.05) is 5.02 Å². The van der Waals surface area contributed by atoms with Crippen molar-refractivity contribution in [3.8, 4) is 5.75 Å². The molecule has 3 nitrogen and oxygen atoms in total. The lowest BCUT2D eigenvalue weighted by atomic mass is 9.94. The Morgan fingerprint density at radius 3 is 2.26 bits per heavy atom. The predicted molar refractivity (Wildman–Crippen MR) is 129 cm³/mol. The van der Waals surface area contributed by atoms with Crippen LogP contribution in [-0.2, 0) is 6.54 Å². The van der Waals surface area contributed by atoms with E-state index in [2.05, 4.69) is 63.5 Å². The van der Waals surface area contributed by atoms with Crippen LogP contribution < -0.4 is 4.74 Å². The van der Waals surface area contributed by atoms with Crippen LogP contribution in [0.15, 0.2) is 48.5 Å². The number of aromatic nitrogens is 2. The SMILES string of the molecule is Cc1cc(OC(C)c2nc3ccccc3n2Cc2c(C)c(C)cc(C)c2C)ccc1Cl. The van der Waals surface area contributed by atoms with Gasteiger partial charge in [0.25, 0.3) is 0 Å². The average Bonchev–Trinajstić information content (AvgIpc) is 3.11. The molecule has 0 aliphatic heterocycles. The lowest BCUT2D eigenvalue weighted by molar-refractivity contribution is 0.212. The van der Waals surface area contributed by atoms with Gasteiger partial charge in [-0.3, -0.25) is 0 Å². The maximum absolute atomic E-state index is 6.31. The highest BCUT2D eigenvalue weighted by atomic mass is 35.5. The van der Waals surface area contributed by atoms with E-state index in [9.17, 15) is 0 Å². The highest BCUT2D eigenvalue weighted by molar-refractivity contribution is 6.31. The van der Waals surface area contributed by atoms with Crippen LogP contribution in [0, 0.1) is 34.6 Å². The first kappa shape index (κ1) is 21.5. The van der Waals surface area contributed by atoms with Crippen molar-refractivity contribution in [2.75, 3.05) is 0 Å². The van der Waals surface area contributed by atoms with Gasteiger partial charge in [-0.15, -0.1) is 0 Å². The Morgan fingerprint density at radius 2 is 1.58 bits per heavy atom. The van der Waals surface area contributed by atoms with Gasteiger partial charge in [0.1, 0.15) is 5.75 Å². The summed E-state index contributed by atoms with van der Waals surface area (Å²) in [6.45, 7) is 13.6. The van der Waals surface area contributed by atoms with E-state index in [0.29, 0.717) is 0 Å². The average molecular weight is 433 g/mol. The van der Waals surface area contributed by atoms with Crippen molar-refractivity contribution in [2.45, 2.75) is 54.2 Å². The zero-order valence-corrected chi connectivity index (χ0v) is 19.8. The summed E-state index contributed by atoms with van der Waals surface area (Å²) in [5, 5.41) is 0.744. The number of aryl methyl sites for hydroxylation is 3. The van der Waals surface area contributed by atoms with Crippen LogP contribution in [0.3, 0.4) is 0 Å². The minimum atomic E-state index is -0.209. The van der Waals surface area contributed by atoms with Gasteiger partial charge in [0.2, 0.25) is 0 Å².